The lowest BCUT2D eigenvalue weighted by Gasteiger charge is -2.18. The smallest absolute Gasteiger partial charge is 0.236 e. The van der Waals surface area contributed by atoms with Crippen molar-refractivity contribution in [1.82, 2.24) is 9.80 Å². The molecule has 0 aliphatic carbocycles. The number of likely N-dealkylation sites (N-methyl/N-ethyl adjacent to an activating group) is 1. The van der Waals surface area contributed by atoms with E-state index in [1.165, 1.54) is 0 Å². The van der Waals surface area contributed by atoms with E-state index in [9.17, 15) is 9.59 Å². The van der Waals surface area contributed by atoms with Crippen LogP contribution in [0.2, 0.25) is 10.0 Å². The number of carbonyl (C=O) groups is 2. The first-order valence-corrected chi connectivity index (χ1v) is 7.17. The van der Waals surface area contributed by atoms with Crippen molar-refractivity contribution in [2.45, 2.75) is 6.42 Å². The Morgan fingerprint density at radius 2 is 2.05 bits per heavy atom. The van der Waals surface area contributed by atoms with Gasteiger partial charge in [0.05, 0.1) is 18.1 Å². The molecule has 0 spiro atoms. The molecule has 4 nitrogen and oxygen atoms in total. The van der Waals surface area contributed by atoms with Crippen molar-refractivity contribution in [1.29, 1.82) is 0 Å². The molecule has 1 aliphatic rings. The Hall–Kier alpha value is -1.10. The van der Waals surface area contributed by atoms with Gasteiger partial charge in [-0.2, -0.15) is 0 Å². The van der Waals surface area contributed by atoms with Crippen LogP contribution >= 0.6 is 23.2 Å². The van der Waals surface area contributed by atoms with Crippen molar-refractivity contribution in [3.63, 3.8) is 0 Å². The quantitative estimate of drug-likeness (QED) is 0.804. The third-order valence-corrected chi connectivity index (χ3v) is 3.91. The van der Waals surface area contributed by atoms with E-state index < -0.39 is 0 Å². The Kier molecular flexibility index (Phi) is 5.02. The minimum atomic E-state index is -0.116. The van der Waals surface area contributed by atoms with Gasteiger partial charge < -0.3 is 4.90 Å². The monoisotopic (exact) mass is 314 g/mol. The van der Waals surface area contributed by atoms with Crippen molar-refractivity contribution < 1.29 is 9.59 Å². The van der Waals surface area contributed by atoms with Crippen molar-refractivity contribution in [2.24, 2.45) is 0 Å². The van der Waals surface area contributed by atoms with E-state index in [2.05, 4.69) is 0 Å². The van der Waals surface area contributed by atoms with Crippen LogP contribution in [0.1, 0.15) is 16.8 Å². The summed E-state index contributed by atoms with van der Waals surface area (Å²) in [7, 11) is 1.78. The Bertz CT molecular complexity index is 534. The fourth-order valence-corrected chi connectivity index (χ4v) is 2.58. The standard InChI is InChI=1S/C14H16Cl2N2O2/c1-17-5-2-6-18(9-14(17)20)8-13(19)11-7-10(15)3-4-12(11)16/h3-4,7H,2,5-6,8-9H2,1H3. The third kappa shape index (κ3) is 3.72. The molecule has 0 saturated carbocycles. The maximum Gasteiger partial charge on any atom is 0.236 e. The van der Waals surface area contributed by atoms with Crippen LogP contribution in [0, 0.1) is 0 Å². The van der Waals surface area contributed by atoms with Crippen molar-refractivity contribution in [3.8, 4) is 0 Å². The second-order valence-electron chi connectivity index (χ2n) is 4.93. The molecule has 108 valence electrons. The number of benzene rings is 1. The Labute approximate surface area is 128 Å². The molecule has 20 heavy (non-hydrogen) atoms. The molecule has 1 aromatic carbocycles. The Morgan fingerprint density at radius 3 is 2.80 bits per heavy atom. The van der Waals surface area contributed by atoms with E-state index in [0.717, 1.165) is 19.5 Å². The molecule has 1 saturated heterocycles. The van der Waals surface area contributed by atoms with E-state index in [-0.39, 0.29) is 24.8 Å². The summed E-state index contributed by atoms with van der Waals surface area (Å²) in [5.74, 6) is -0.0812. The summed E-state index contributed by atoms with van der Waals surface area (Å²) in [6.45, 7) is 1.89. The number of carbonyl (C=O) groups excluding carboxylic acids is 2. The molecule has 0 atom stereocenters. The normalized spacial score (nSPS) is 17.1. The largest absolute Gasteiger partial charge is 0.345 e. The summed E-state index contributed by atoms with van der Waals surface area (Å²) in [5, 5.41) is 0.863. The van der Waals surface area contributed by atoms with E-state index in [1.807, 2.05) is 4.90 Å². The number of ketones is 1. The maximum atomic E-state index is 12.3. The summed E-state index contributed by atoms with van der Waals surface area (Å²) in [6, 6.07) is 4.82. The Balaban J connectivity index is 2.07. The van der Waals surface area contributed by atoms with Crippen LogP contribution in [-0.2, 0) is 4.79 Å². The van der Waals surface area contributed by atoms with Gasteiger partial charge in [0.1, 0.15) is 0 Å². The number of halogens is 2. The van der Waals surface area contributed by atoms with Crippen LogP contribution < -0.4 is 0 Å². The molecule has 6 heteroatoms. The summed E-state index contributed by atoms with van der Waals surface area (Å²) >= 11 is 11.9. The molecule has 0 radical (unpaired) electrons. The lowest BCUT2D eigenvalue weighted by Crippen LogP contribution is -2.37. The average Bonchev–Trinajstić information content (AvgIpc) is 2.55. The van der Waals surface area contributed by atoms with Crippen LogP contribution in [0.25, 0.3) is 0 Å². The minimum absolute atomic E-state index is 0.0347. The predicted molar refractivity (Wildman–Crippen MR) is 79.5 cm³/mol. The van der Waals surface area contributed by atoms with Gasteiger partial charge in [-0.15, -0.1) is 0 Å². The van der Waals surface area contributed by atoms with Gasteiger partial charge in [-0.05, 0) is 24.6 Å². The van der Waals surface area contributed by atoms with Crippen LogP contribution in [-0.4, -0.2) is 54.7 Å². The molecular formula is C14H16Cl2N2O2. The first-order valence-electron chi connectivity index (χ1n) is 6.42. The highest BCUT2D eigenvalue weighted by Gasteiger charge is 2.22. The van der Waals surface area contributed by atoms with Crippen LogP contribution in [0.3, 0.4) is 0 Å². The molecule has 0 N–H and O–H groups in total. The number of nitrogens with zero attached hydrogens (tertiary/aromatic N) is 2. The molecule has 1 amide bonds. The molecule has 1 aliphatic heterocycles. The van der Waals surface area contributed by atoms with Crippen molar-refractivity contribution in [2.75, 3.05) is 33.2 Å². The zero-order valence-corrected chi connectivity index (χ0v) is 12.7. The van der Waals surface area contributed by atoms with Crippen LogP contribution in [0.4, 0.5) is 0 Å². The summed E-state index contributed by atoms with van der Waals surface area (Å²) in [5.41, 5.74) is 0.407. The molecule has 0 aromatic heterocycles. The SMILES string of the molecule is CN1CCCN(CC(=O)c2cc(Cl)ccc2Cl)CC1=O. The highest BCUT2D eigenvalue weighted by atomic mass is 35.5. The van der Waals surface area contributed by atoms with E-state index in [1.54, 1.807) is 30.1 Å². The van der Waals surface area contributed by atoms with Gasteiger partial charge in [0, 0.05) is 30.7 Å². The van der Waals surface area contributed by atoms with Crippen molar-refractivity contribution in [3.05, 3.63) is 33.8 Å². The number of hydrogen-bond acceptors (Lipinski definition) is 3. The van der Waals surface area contributed by atoms with Gasteiger partial charge >= 0.3 is 0 Å². The van der Waals surface area contributed by atoms with Gasteiger partial charge in [0.25, 0.3) is 0 Å². The summed E-state index contributed by atoms with van der Waals surface area (Å²) < 4.78 is 0. The van der Waals surface area contributed by atoms with Gasteiger partial charge in [0.15, 0.2) is 5.78 Å². The molecule has 0 unspecified atom stereocenters. The first-order chi connectivity index (χ1) is 9.47. The maximum absolute atomic E-state index is 12.3. The molecule has 1 fully saturated rings. The highest BCUT2D eigenvalue weighted by Crippen LogP contribution is 2.21. The van der Waals surface area contributed by atoms with Crippen molar-refractivity contribution >= 4 is 34.9 Å². The van der Waals surface area contributed by atoms with Crippen LogP contribution in [0.15, 0.2) is 18.2 Å². The van der Waals surface area contributed by atoms with Gasteiger partial charge in [-0.25, -0.2) is 0 Å². The van der Waals surface area contributed by atoms with E-state index in [0.29, 0.717) is 15.6 Å². The number of hydrogen-bond donors (Lipinski definition) is 0. The number of amides is 1. The fourth-order valence-electron chi connectivity index (χ4n) is 2.18. The zero-order chi connectivity index (χ0) is 14.7. The summed E-state index contributed by atoms with van der Waals surface area (Å²) in [4.78, 5) is 27.6. The third-order valence-electron chi connectivity index (χ3n) is 3.35. The second-order valence-corrected chi connectivity index (χ2v) is 5.77. The van der Waals surface area contributed by atoms with Gasteiger partial charge in [0.2, 0.25) is 5.91 Å². The fraction of sp³-hybridized carbons (Fsp3) is 0.429. The highest BCUT2D eigenvalue weighted by molar-refractivity contribution is 6.36. The van der Waals surface area contributed by atoms with Gasteiger partial charge in [-0.1, -0.05) is 23.2 Å². The van der Waals surface area contributed by atoms with Crippen LogP contribution in [0.5, 0.6) is 0 Å². The lowest BCUT2D eigenvalue weighted by molar-refractivity contribution is -0.129. The predicted octanol–water partition coefficient (Wildman–Crippen LogP) is 2.34. The molecule has 1 heterocycles. The number of Topliss-reactive ketones (excluding diaryl/α,β-unsaturated/α-hetero) is 1. The number of rotatable bonds is 3. The molecule has 1 aromatic rings. The first kappa shape index (κ1) is 15.3. The lowest BCUT2D eigenvalue weighted by atomic mass is 10.1. The van der Waals surface area contributed by atoms with E-state index >= 15 is 0 Å². The zero-order valence-electron chi connectivity index (χ0n) is 11.2. The summed E-state index contributed by atoms with van der Waals surface area (Å²) in [6.07, 6.45) is 0.860. The molecule has 0 bridgehead atoms. The van der Waals surface area contributed by atoms with Gasteiger partial charge in [-0.3, -0.25) is 14.5 Å². The topological polar surface area (TPSA) is 40.6 Å². The molecular weight excluding hydrogens is 299 g/mol. The van der Waals surface area contributed by atoms with E-state index in [4.69, 9.17) is 23.2 Å². The Morgan fingerprint density at radius 1 is 1.30 bits per heavy atom. The molecule has 2 rings (SSSR count). The average molecular weight is 315 g/mol. The second kappa shape index (κ2) is 6.57. The minimum Gasteiger partial charge on any atom is -0.345 e.